The molecule has 1 aromatic heterocycles. The fourth-order valence-corrected chi connectivity index (χ4v) is 4.42. The van der Waals surface area contributed by atoms with Crippen LogP contribution < -0.4 is 10.1 Å². The van der Waals surface area contributed by atoms with Crippen molar-refractivity contribution in [2.24, 2.45) is 0 Å². The second-order valence-electron chi connectivity index (χ2n) is 5.88. The number of benzene rings is 1. The molecule has 1 fully saturated rings. The van der Waals surface area contributed by atoms with Gasteiger partial charge >= 0.3 is 0 Å². The van der Waals surface area contributed by atoms with Gasteiger partial charge in [0.25, 0.3) is 0 Å². The molecule has 1 aromatic carbocycles. The lowest BCUT2D eigenvalue weighted by atomic mass is 10.3. The van der Waals surface area contributed by atoms with Gasteiger partial charge in [0.05, 0.1) is 37.2 Å². The number of methoxy groups -OCH3 is 1. The molecule has 0 aliphatic carbocycles. The number of morpholine rings is 1. The predicted octanol–water partition coefficient (Wildman–Crippen LogP) is 1.86. The van der Waals surface area contributed by atoms with Gasteiger partial charge in [-0.3, -0.25) is 4.79 Å². The van der Waals surface area contributed by atoms with Crippen molar-refractivity contribution in [2.45, 2.75) is 11.4 Å². The van der Waals surface area contributed by atoms with E-state index in [1.165, 1.54) is 40.5 Å². The first-order chi connectivity index (χ1) is 13.3. The molecule has 0 spiro atoms. The smallest absolute Gasteiger partial charge is 0.244 e. The molecule has 0 unspecified atom stereocenters. The molecule has 3 rings (SSSR count). The monoisotopic (exact) mass is 448 g/mol. The minimum atomic E-state index is -3.71. The van der Waals surface area contributed by atoms with Crippen molar-refractivity contribution in [3.8, 4) is 5.75 Å². The number of anilines is 1. The van der Waals surface area contributed by atoms with Crippen LogP contribution in [0.3, 0.4) is 0 Å². The Kier molecular flexibility index (Phi) is 6.46. The molecule has 152 valence electrons. The Morgan fingerprint density at radius 3 is 2.64 bits per heavy atom. The summed E-state index contributed by atoms with van der Waals surface area (Å²) in [7, 11) is -2.29. The van der Waals surface area contributed by atoms with Crippen LogP contribution in [0.25, 0.3) is 0 Å². The molecule has 1 N–H and O–H groups in total. The minimum absolute atomic E-state index is 0.0502. The molecule has 1 aliphatic rings. The Morgan fingerprint density at radius 1 is 1.32 bits per heavy atom. The summed E-state index contributed by atoms with van der Waals surface area (Å²) >= 11 is 11.7. The maximum atomic E-state index is 12.8. The lowest BCUT2D eigenvalue weighted by Gasteiger charge is -2.26. The molecule has 9 nitrogen and oxygen atoms in total. The van der Waals surface area contributed by atoms with Crippen molar-refractivity contribution in [3.63, 3.8) is 0 Å². The van der Waals surface area contributed by atoms with Crippen molar-refractivity contribution in [1.29, 1.82) is 0 Å². The molecule has 12 heteroatoms. The van der Waals surface area contributed by atoms with E-state index in [-0.39, 0.29) is 40.5 Å². The molecule has 0 atom stereocenters. The van der Waals surface area contributed by atoms with Gasteiger partial charge in [-0.1, -0.05) is 23.2 Å². The van der Waals surface area contributed by atoms with Crippen LogP contribution in [-0.2, 0) is 26.1 Å². The average molecular weight is 449 g/mol. The second-order valence-corrected chi connectivity index (χ2v) is 8.53. The second kappa shape index (κ2) is 8.66. The third kappa shape index (κ3) is 4.41. The third-order valence-electron chi connectivity index (χ3n) is 4.10. The zero-order valence-electron chi connectivity index (χ0n) is 14.9. The van der Waals surface area contributed by atoms with E-state index in [0.717, 1.165) is 0 Å². The summed E-state index contributed by atoms with van der Waals surface area (Å²) in [5.74, 6) is -0.126. The molecule has 2 aromatic rings. The van der Waals surface area contributed by atoms with Gasteiger partial charge in [-0.2, -0.15) is 4.31 Å². The van der Waals surface area contributed by atoms with Crippen LogP contribution in [-0.4, -0.2) is 61.6 Å². The van der Waals surface area contributed by atoms with Crippen LogP contribution in [0.1, 0.15) is 0 Å². The van der Waals surface area contributed by atoms with Crippen molar-refractivity contribution < 1.29 is 22.7 Å². The van der Waals surface area contributed by atoms with E-state index in [4.69, 9.17) is 32.7 Å². The molecular formula is C16H18Cl2N4O5S. The van der Waals surface area contributed by atoms with Gasteiger partial charge in [0.1, 0.15) is 17.4 Å². The highest BCUT2D eigenvalue weighted by molar-refractivity contribution is 7.89. The fourth-order valence-electron chi connectivity index (χ4n) is 2.68. The number of carbonyl (C=O) groups is 1. The maximum Gasteiger partial charge on any atom is 0.244 e. The van der Waals surface area contributed by atoms with Gasteiger partial charge in [0, 0.05) is 13.1 Å². The van der Waals surface area contributed by atoms with Crippen LogP contribution in [0, 0.1) is 0 Å². The number of carbonyl (C=O) groups excluding carboxylic acids is 1. The number of hydrogen-bond acceptors (Lipinski definition) is 6. The normalized spacial score (nSPS) is 15.4. The van der Waals surface area contributed by atoms with Gasteiger partial charge in [-0.05, 0) is 18.2 Å². The Balaban J connectivity index is 1.82. The first-order valence-electron chi connectivity index (χ1n) is 8.25. The van der Waals surface area contributed by atoms with Gasteiger partial charge in [0.2, 0.25) is 15.9 Å². The molecular weight excluding hydrogens is 431 g/mol. The Bertz CT molecular complexity index is 973. The van der Waals surface area contributed by atoms with Crippen LogP contribution in [0.2, 0.25) is 10.3 Å². The van der Waals surface area contributed by atoms with E-state index in [9.17, 15) is 13.2 Å². The number of sulfonamides is 1. The number of hydrogen-bond donors (Lipinski definition) is 1. The third-order valence-corrected chi connectivity index (χ3v) is 6.76. The first-order valence-corrected chi connectivity index (χ1v) is 10.4. The molecule has 0 radical (unpaired) electrons. The topological polar surface area (TPSA) is 103 Å². The van der Waals surface area contributed by atoms with Gasteiger partial charge in [-0.15, -0.1) is 0 Å². The molecule has 1 amide bonds. The standard InChI is InChI=1S/C16H18Cl2N4O5S/c1-26-13-3-2-11(28(24,25)22-4-6-27-7-5-22)8-12(13)20-14(23)9-21-10-19-15(17)16(21)18/h2-3,8,10H,4-7,9H2,1H3,(H,20,23). The Labute approximate surface area is 172 Å². The largest absolute Gasteiger partial charge is 0.495 e. The zero-order chi connectivity index (χ0) is 20.3. The van der Waals surface area contributed by atoms with Crippen LogP contribution in [0.4, 0.5) is 5.69 Å². The van der Waals surface area contributed by atoms with E-state index in [1.54, 1.807) is 0 Å². The highest BCUT2D eigenvalue weighted by Gasteiger charge is 2.27. The summed E-state index contributed by atoms with van der Waals surface area (Å²) in [6, 6.07) is 4.29. The number of halogens is 2. The minimum Gasteiger partial charge on any atom is -0.495 e. The highest BCUT2D eigenvalue weighted by atomic mass is 35.5. The number of imidazole rings is 1. The first kappa shape index (κ1) is 20.9. The van der Waals surface area contributed by atoms with E-state index >= 15 is 0 Å². The van der Waals surface area contributed by atoms with Crippen LogP contribution in [0.15, 0.2) is 29.4 Å². The molecule has 2 heterocycles. The number of aromatic nitrogens is 2. The molecule has 1 saturated heterocycles. The van der Waals surface area contributed by atoms with Gasteiger partial charge in [-0.25, -0.2) is 13.4 Å². The van der Waals surface area contributed by atoms with Crippen LogP contribution in [0.5, 0.6) is 5.75 Å². The summed E-state index contributed by atoms with van der Waals surface area (Å²) < 4.78 is 38.8. The Morgan fingerprint density at radius 2 is 2.04 bits per heavy atom. The molecule has 1 aliphatic heterocycles. The fraction of sp³-hybridized carbons (Fsp3) is 0.375. The van der Waals surface area contributed by atoms with Crippen molar-refractivity contribution in [1.82, 2.24) is 13.9 Å². The summed E-state index contributed by atoms with van der Waals surface area (Å²) in [5, 5.41) is 2.86. The number of nitrogens with one attached hydrogen (secondary N) is 1. The summed E-state index contributed by atoms with van der Waals surface area (Å²) in [6.07, 6.45) is 1.33. The van der Waals surface area contributed by atoms with Gasteiger partial charge < -0.3 is 19.4 Å². The van der Waals surface area contributed by atoms with Crippen molar-refractivity contribution in [2.75, 3.05) is 38.7 Å². The van der Waals surface area contributed by atoms with E-state index in [0.29, 0.717) is 19.0 Å². The predicted molar refractivity (Wildman–Crippen MR) is 103 cm³/mol. The number of rotatable bonds is 6. The van der Waals surface area contributed by atoms with Crippen molar-refractivity contribution >= 4 is 44.8 Å². The number of nitrogens with zero attached hydrogens (tertiary/aromatic N) is 3. The molecule has 28 heavy (non-hydrogen) atoms. The quantitative estimate of drug-likeness (QED) is 0.723. The molecule has 0 bridgehead atoms. The van der Waals surface area contributed by atoms with E-state index < -0.39 is 15.9 Å². The lowest BCUT2D eigenvalue weighted by molar-refractivity contribution is -0.116. The lowest BCUT2D eigenvalue weighted by Crippen LogP contribution is -2.40. The van der Waals surface area contributed by atoms with E-state index in [2.05, 4.69) is 10.3 Å². The highest BCUT2D eigenvalue weighted by Crippen LogP contribution is 2.29. The average Bonchev–Trinajstić information content (AvgIpc) is 3.00. The maximum absolute atomic E-state index is 12.8. The number of amides is 1. The van der Waals surface area contributed by atoms with E-state index in [1.807, 2.05) is 0 Å². The summed E-state index contributed by atoms with van der Waals surface area (Å²) in [6.45, 7) is 1.08. The van der Waals surface area contributed by atoms with Gasteiger partial charge in [0.15, 0.2) is 5.15 Å². The summed E-state index contributed by atoms with van der Waals surface area (Å²) in [4.78, 5) is 16.2. The molecule has 0 saturated carbocycles. The zero-order valence-corrected chi connectivity index (χ0v) is 17.2. The van der Waals surface area contributed by atoms with Crippen molar-refractivity contribution in [3.05, 3.63) is 34.8 Å². The summed E-state index contributed by atoms with van der Waals surface area (Å²) in [5.41, 5.74) is 0.226. The SMILES string of the molecule is COc1ccc(S(=O)(=O)N2CCOCC2)cc1NC(=O)Cn1cnc(Cl)c1Cl. The van der Waals surface area contributed by atoms with Crippen LogP contribution >= 0.6 is 23.2 Å². The Hall–Kier alpha value is -1.85. The number of ether oxygens (including phenoxy) is 2.